The Balaban J connectivity index is 1.51. The van der Waals surface area contributed by atoms with E-state index in [1.807, 2.05) is 6.92 Å². The zero-order valence-corrected chi connectivity index (χ0v) is 16.1. The van der Waals surface area contributed by atoms with Crippen LogP contribution in [0, 0.1) is 6.92 Å². The second kappa shape index (κ2) is 7.72. The van der Waals surface area contributed by atoms with Gasteiger partial charge in [-0.05, 0) is 31.4 Å². The molecule has 0 aliphatic heterocycles. The highest BCUT2D eigenvalue weighted by Gasteiger charge is 2.40. The normalized spacial score (nSPS) is 24.4. The summed E-state index contributed by atoms with van der Waals surface area (Å²) in [6, 6.07) is 2.44. The first-order valence-corrected chi connectivity index (χ1v) is 9.44. The molecule has 1 aliphatic rings. The lowest BCUT2D eigenvalue weighted by Gasteiger charge is -2.38. The highest BCUT2D eigenvalue weighted by molar-refractivity contribution is 5.92. The van der Waals surface area contributed by atoms with Crippen LogP contribution in [0.5, 0.6) is 0 Å². The smallest absolute Gasteiger partial charge is 0.270 e. The molecule has 0 radical (unpaired) electrons. The fourth-order valence-corrected chi connectivity index (χ4v) is 3.74. The van der Waals surface area contributed by atoms with Crippen molar-refractivity contribution in [2.24, 2.45) is 0 Å². The Morgan fingerprint density at radius 1 is 1.14 bits per heavy atom. The van der Waals surface area contributed by atoms with E-state index in [-0.39, 0.29) is 11.6 Å². The van der Waals surface area contributed by atoms with Gasteiger partial charge in [-0.25, -0.2) is 15.0 Å². The molecule has 3 heterocycles. The van der Waals surface area contributed by atoms with E-state index >= 15 is 0 Å². The van der Waals surface area contributed by atoms with Crippen molar-refractivity contribution < 1.29 is 15.0 Å². The van der Waals surface area contributed by atoms with Crippen molar-refractivity contribution in [2.75, 3.05) is 12.4 Å². The number of carbonyl (C=O) groups excluding carboxylic acids is 1. The molecule has 3 aromatic rings. The number of aliphatic hydroxyl groups excluding tert-OH is 2. The zero-order valence-electron chi connectivity index (χ0n) is 16.1. The first-order chi connectivity index (χ1) is 14.0. The van der Waals surface area contributed by atoms with Crippen LogP contribution in [0.15, 0.2) is 31.0 Å². The number of pyridine rings is 1. The predicted molar refractivity (Wildman–Crippen MR) is 105 cm³/mol. The predicted octanol–water partition coefficient (Wildman–Crippen LogP) is 0.427. The Labute approximate surface area is 167 Å². The van der Waals surface area contributed by atoms with Crippen LogP contribution in [-0.2, 0) is 0 Å². The standard InChI is InChI=1S/C19H23N7O3/c1-10-3-4-12(21-7-10)19(29)25-11-5-6-13(16(28)15(11)27)26-9-24-14-17(20-2)22-8-23-18(14)26/h3-4,7-9,11,13,15-16,27-28H,5-6H2,1-2H3,(H,25,29)(H,20,22,23)/t11-,13-,15+,16+/m1/s1. The van der Waals surface area contributed by atoms with Gasteiger partial charge in [-0.1, -0.05) is 6.07 Å². The molecule has 4 atom stereocenters. The van der Waals surface area contributed by atoms with E-state index in [0.29, 0.717) is 29.8 Å². The van der Waals surface area contributed by atoms with Crippen LogP contribution in [-0.4, -0.2) is 65.9 Å². The van der Waals surface area contributed by atoms with Crippen molar-refractivity contribution in [3.63, 3.8) is 0 Å². The van der Waals surface area contributed by atoms with E-state index < -0.39 is 24.3 Å². The van der Waals surface area contributed by atoms with Crippen molar-refractivity contribution in [1.82, 2.24) is 29.8 Å². The van der Waals surface area contributed by atoms with Gasteiger partial charge < -0.3 is 25.4 Å². The van der Waals surface area contributed by atoms with E-state index in [1.54, 1.807) is 36.3 Å². The van der Waals surface area contributed by atoms with Crippen LogP contribution in [0.2, 0.25) is 0 Å². The number of hydrogen-bond acceptors (Lipinski definition) is 8. The molecule has 3 aromatic heterocycles. The third-order valence-electron chi connectivity index (χ3n) is 5.34. The molecule has 0 aromatic carbocycles. The number of aryl methyl sites for hydroxylation is 1. The monoisotopic (exact) mass is 397 g/mol. The van der Waals surface area contributed by atoms with Crippen LogP contribution in [0.3, 0.4) is 0 Å². The Morgan fingerprint density at radius 2 is 1.97 bits per heavy atom. The zero-order chi connectivity index (χ0) is 20.5. The molecule has 4 N–H and O–H groups in total. The molecule has 0 saturated heterocycles. The van der Waals surface area contributed by atoms with E-state index in [0.717, 1.165) is 5.56 Å². The first-order valence-electron chi connectivity index (χ1n) is 9.44. The summed E-state index contributed by atoms with van der Waals surface area (Å²) in [5, 5.41) is 27.2. The van der Waals surface area contributed by atoms with Crippen molar-refractivity contribution in [1.29, 1.82) is 0 Å². The highest BCUT2D eigenvalue weighted by atomic mass is 16.3. The average Bonchev–Trinajstić information content (AvgIpc) is 3.16. The van der Waals surface area contributed by atoms with Gasteiger partial charge in [0.1, 0.15) is 29.7 Å². The van der Waals surface area contributed by atoms with Gasteiger partial charge in [0.05, 0.1) is 18.4 Å². The lowest BCUT2D eigenvalue weighted by atomic mass is 9.85. The lowest BCUT2D eigenvalue weighted by molar-refractivity contribution is -0.0553. The molecule has 152 valence electrons. The summed E-state index contributed by atoms with van der Waals surface area (Å²) in [5.41, 5.74) is 2.40. The Morgan fingerprint density at radius 3 is 2.69 bits per heavy atom. The molecule has 1 amide bonds. The summed E-state index contributed by atoms with van der Waals surface area (Å²) in [7, 11) is 1.75. The number of nitrogens with zero attached hydrogens (tertiary/aromatic N) is 5. The summed E-state index contributed by atoms with van der Waals surface area (Å²) in [4.78, 5) is 29.3. The molecule has 0 bridgehead atoms. The number of anilines is 1. The number of hydrogen-bond donors (Lipinski definition) is 4. The minimum absolute atomic E-state index is 0.274. The summed E-state index contributed by atoms with van der Waals surface area (Å²) in [6.45, 7) is 1.89. The Bertz CT molecular complexity index is 1020. The molecule has 10 heteroatoms. The third-order valence-corrected chi connectivity index (χ3v) is 5.34. The molecule has 1 saturated carbocycles. The SMILES string of the molecule is CNc1ncnc2c1ncn2[C@@H]1CC[C@@H](NC(=O)c2ccc(C)cn2)[C@H](O)[C@H]1O. The maximum absolute atomic E-state index is 12.4. The van der Waals surface area contributed by atoms with Crippen LogP contribution >= 0.6 is 0 Å². The minimum atomic E-state index is -1.13. The number of rotatable bonds is 4. The van der Waals surface area contributed by atoms with Crippen molar-refractivity contribution >= 4 is 22.9 Å². The van der Waals surface area contributed by atoms with Gasteiger partial charge in [-0.15, -0.1) is 0 Å². The molecule has 29 heavy (non-hydrogen) atoms. The van der Waals surface area contributed by atoms with Crippen molar-refractivity contribution in [3.8, 4) is 0 Å². The fourth-order valence-electron chi connectivity index (χ4n) is 3.74. The molecule has 0 spiro atoms. The number of amides is 1. The highest BCUT2D eigenvalue weighted by Crippen LogP contribution is 2.32. The number of aliphatic hydroxyl groups is 2. The van der Waals surface area contributed by atoms with E-state index in [1.165, 1.54) is 6.33 Å². The van der Waals surface area contributed by atoms with Gasteiger partial charge in [-0.3, -0.25) is 9.78 Å². The lowest BCUT2D eigenvalue weighted by Crippen LogP contribution is -2.54. The van der Waals surface area contributed by atoms with Crippen molar-refractivity contribution in [3.05, 3.63) is 42.2 Å². The molecular formula is C19H23N7O3. The maximum Gasteiger partial charge on any atom is 0.270 e. The molecular weight excluding hydrogens is 374 g/mol. The van der Waals surface area contributed by atoms with Crippen LogP contribution < -0.4 is 10.6 Å². The van der Waals surface area contributed by atoms with E-state index in [2.05, 4.69) is 30.6 Å². The van der Waals surface area contributed by atoms with Gasteiger partial charge in [-0.2, -0.15) is 0 Å². The van der Waals surface area contributed by atoms with Crippen LogP contribution in [0.25, 0.3) is 11.2 Å². The summed E-state index contributed by atoms with van der Waals surface area (Å²) in [6.07, 6.45) is 3.43. The second-order valence-corrected chi connectivity index (χ2v) is 7.22. The number of fused-ring (bicyclic) bond motifs is 1. The second-order valence-electron chi connectivity index (χ2n) is 7.22. The number of aromatic nitrogens is 5. The minimum Gasteiger partial charge on any atom is -0.388 e. The van der Waals surface area contributed by atoms with Gasteiger partial charge in [0, 0.05) is 13.2 Å². The number of nitrogens with one attached hydrogen (secondary N) is 2. The van der Waals surface area contributed by atoms with Gasteiger partial charge in [0.15, 0.2) is 11.5 Å². The molecule has 1 aliphatic carbocycles. The van der Waals surface area contributed by atoms with Gasteiger partial charge in [0.25, 0.3) is 5.91 Å². The maximum atomic E-state index is 12.4. The molecule has 4 rings (SSSR count). The quantitative estimate of drug-likeness (QED) is 0.497. The fraction of sp³-hybridized carbons (Fsp3) is 0.421. The van der Waals surface area contributed by atoms with Crippen LogP contribution in [0.4, 0.5) is 5.82 Å². The average molecular weight is 397 g/mol. The number of carbonyl (C=O) groups is 1. The summed E-state index contributed by atoms with van der Waals surface area (Å²) in [5.74, 6) is 0.217. The van der Waals surface area contributed by atoms with Gasteiger partial charge in [0.2, 0.25) is 0 Å². The van der Waals surface area contributed by atoms with E-state index in [9.17, 15) is 15.0 Å². The van der Waals surface area contributed by atoms with Crippen LogP contribution in [0.1, 0.15) is 34.9 Å². The first kappa shape index (κ1) is 19.2. The molecule has 1 fully saturated rings. The topological polar surface area (TPSA) is 138 Å². The summed E-state index contributed by atoms with van der Waals surface area (Å²) < 4.78 is 1.76. The molecule has 10 nitrogen and oxygen atoms in total. The molecule has 0 unspecified atom stereocenters. The Kier molecular flexibility index (Phi) is 5.12. The summed E-state index contributed by atoms with van der Waals surface area (Å²) >= 11 is 0. The number of imidazole rings is 1. The Hall–Kier alpha value is -3.11. The van der Waals surface area contributed by atoms with Gasteiger partial charge >= 0.3 is 0 Å². The largest absolute Gasteiger partial charge is 0.388 e. The third kappa shape index (κ3) is 3.52. The van der Waals surface area contributed by atoms with E-state index in [4.69, 9.17) is 0 Å². The van der Waals surface area contributed by atoms with Crippen molar-refractivity contribution in [2.45, 2.75) is 44.1 Å².